The van der Waals surface area contributed by atoms with Crippen molar-refractivity contribution in [2.24, 2.45) is 0 Å². The smallest absolute Gasteiger partial charge is 0.279 e. The van der Waals surface area contributed by atoms with E-state index in [-0.39, 0.29) is 17.5 Å². The average Bonchev–Trinajstić information content (AvgIpc) is 2.98. The van der Waals surface area contributed by atoms with E-state index in [9.17, 15) is 14.0 Å². The third-order valence-corrected chi connectivity index (χ3v) is 5.91. The van der Waals surface area contributed by atoms with Crippen LogP contribution in [0.1, 0.15) is 35.1 Å². The van der Waals surface area contributed by atoms with Gasteiger partial charge in [-0.1, -0.05) is 13.0 Å². The van der Waals surface area contributed by atoms with E-state index >= 15 is 0 Å². The van der Waals surface area contributed by atoms with Crippen LogP contribution in [0.4, 0.5) is 10.1 Å². The maximum atomic E-state index is 13.2. The van der Waals surface area contributed by atoms with Crippen molar-refractivity contribution in [3.05, 3.63) is 53.1 Å². The van der Waals surface area contributed by atoms with Crippen molar-refractivity contribution in [1.82, 2.24) is 4.57 Å². The summed E-state index contributed by atoms with van der Waals surface area (Å²) in [7, 11) is 0. The van der Waals surface area contributed by atoms with Gasteiger partial charge in [0, 0.05) is 29.2 Å². The van der Waals surface area contributed by atoms with Gasteiger partial charge in [0.15, 0.2) is 6.54 Å². The standard InChI is InChI=1S/C23H31FN4O2/c1-4-8-28-17(2)13-21(18(28)3)22(29)15-26-9-11-27(12-10-26)16-23(30)25-20-7-5-6-19(24)14-20/h5-7,13-14H,4,8-12,15-16H2,1-3H3,(H,25,30)/p+2. The molecule has 7 heteroatoms. The van der Waals surface area contributed by atoms with Crippen LogP contribution in [-0.4, -0.2) is 55.5 Å². The first-order valence-corrected chi connectivity index (χ1v) is 10.8. The van der Waals surface area contributed by atoms with Crippen molar-refractivity contribution in [2.45, 2.75) is 33.7 Å². The maximum absolute atomic E-state index is 13.2. The molecule has 1 aromatic heterocycles. The molecule has 3 rings (SSSR count). The van der Waals surface area contributed by atoms with E-state index in [4.69, 9.17) is 0 Å². The summed E-state index contributed by atoms with van der Waals surface area (Å²) in [5, 5.41) is 2.76. The number of nitrogens with zero attached hydrogens (tertiary/aromatic N) is 1. The van der Waals surface area contributed by atoms with E-state index in [1.807, 2.05) is 13.0 Å². The zero-order valence-electron chi connectivity index (χ0n) is 18.2. The SMILES string of the molecule is CCCn1c(C)cc(C(=O)C[NH+]2CC[NH+](CC(=O)Nc3cccc(F)c3)CC2)c1C. The van der Waals surface area contributed by atoms with Crippen LogP contribution in [0.3, 0.4) is 0 Å². The Balaban J connectivity index is 1.47. The molecular weight excluding hydrogens is 383 g/mol. The number of Topliss-reactive ketones (excluding diaryl/α,β-unsaturated/α-hetero) is 1. The zero-order chi connectivity index (χ0) is 21.7. The van der Waals surface area contributed by atoms with Crippen LogP contribution in [0.2, 0.25) is 0 Å². The molecule has 6 nitrogen and oxygen atoms in total. The molecule has 0 aliphatic carbocycles. The molecular formula is C23H33FN4O2+2. The number of aryl methyl sites for hydroxylation is 1. The zero-order valence-corrected chi connectivity index (χ0v) is 18.2. The number of anilines is 1. The number of aromatic nitrogens is 1. The van der Waals surface area contributed by atoms with Gasteiger partial charge >= 0.3 is 0 Å². The van der Waals surface area contributed by atoms with E-state index in [2.05, 4.69) is 23.7 Å². The molecule has 162 valence electrons. The van der Waals surface area contributed by atoms with Gasteiger partial charge in [0.2, 0.25) is 5.78 Å². The molecule has 30 heavy (non-hydrogen) atoms. The monoisotopic (exact) mass is 416 g/mol. The van der Waals surface area contributed by atoms with E-state index in [1.54, 1.807) is 12.1 Å². The number of piperazine rings is 1. The average molecular weight is 417 g/mol. The van der Waals surface area contributed by atoms with Gasteiger partial charge in [-0.05, 0) is 44.5 Å². The second-order valence-electron chi connectivity index (χ2n) is 8.27. The highest BCUT2D eigenvalue weighted by Crippen LogP contribution is 2.15. The minimum atomic E-state index is -0.363. The van der Waals surface area contributed by atoms with E-state index in [0.29, 0.717) is 18.8 Å². The number of nitrogens with one attached hydrogen (secondary N) is 3. The van der Waals surface area contributed by atoms with E-state index < -0.39 is 0 Å². The molecule has 0 bridgehead atoms. The van der Waals surface area contributed by atoms with Gasteiger partial charge in [0.1, 0.15) is 38.5 Å². The predicted molar refractivity (Wildman–Crippen MR) is 115 cm³/mol. The number of quaternary nitrogens is 2. The molecule has 1 aromatic carbocycles. The van der Waals surface area contributed by atoms with Crippen LogP contribution in [-0.2, 0) is 11.3 Å². The fourth-order valence-electron chi connectivity index (χ4n) is 4.28. The maximum Gasteiger partial charge on any atom is 0.279 e. The number of halogens is 1. The van der Waals surface area contributed by atoms with Gasteiger partial charge in [0.05, 0.1) is 0 Å². The Morgan fingerprint density at radius 2 is 1.73 bits per heavy atom. The number of hydrogen-bond acceptors (Lipinski definition) is 2. The summed E-state index contributed by atoms with van der Waals surface area (Å²) in [6.45, 7) is 11.4. The molecule has 1 aliphatic rings. The summed E-state index contributed by atoms with van der Waals surface area (Å²) < 4.78 is 15.5. The first-order chi connectivity index (χ1) is 14.4. The Morgan fingerprint density at radius 3 is 2.37 bits per heavy atom. The Morgan fingerprint density at radius 1 is 1.07 bits per heavy atom. The van der Waals surface area contributed by atoms with E-state index in [1.165, 1.54) is 21.9 Å². The lowest BCUT2D eigenvalue weighted by atomic mass is 10.1. The summed E-state index contributed by atoms with van der Waals surface area (Å²) >= 11 is 0. The number of amides is 1. The van der Waals surface area contributed by atoms with Crippen molar-refractivity contribution in [3.8, 4) is 0 Å². The third kappa shape index (κ3) is 5.55. The first-order valence-electron chi connectivity index (χ1n) is 10.8. The largest absolute Gasteiger partial charge is 0.348 e. The minimum absolute atomic E-state index is 0.113. The molecule has 0 atom stereocenters. The van der Waals surface area contributed by atoms with Crippen molar-refractivity contribution < 1.29 is 23.8 Å². The molecule has 1 aliphatic heterocycles. The van der Waals surface area contributed by atoms with Gasteiger partial charge in [0.25, 0.3) is 5.91 Å². The number of hydrogen-bond donors (Lipinski definition) is 3. The Labute approximate surface area is 177 Å². The molecule has 1 amide bonds. The molecule has 1 saturated heterocycles. The van der Waals surface area contributed by atoms with Crippen LogP contribution < -0.4 is 15.1 Å². The second kappa shape index (κ2) is 10.00. The van der Waals surface area contributed by atoms with Crippen LogP contribution in [0, 0.1) is 19.7 Å². The lowest BCUT2D eigenvalue weighted by molar-refractivity contribution is -1.00. The van der Waals surface area contributed by atoms with Crippen LogP contribution in [0.25, 0.3) is 0 Å². The molecule has 2 aromatic rings. The highest BCUT2D eigenvalue weighted by molar-refractivity contribution is 5.98. The number of carbonyl (C=O) groups excluding carboxylic acids is 2. The molecule has 2 heterocycles. The number of rotatable bonds is 8. The molecule has 1 fully saturated rings. The molecule has 0 spiro atoms. The summed E-state index contributed by atoms with van der Waals surface area (Å²) in [5.41, 5.74) is 3.54. The fraction of sp³-hybridized carbons (Fsp3) is 0.478. The summed E-state index contributed by atoms with van der Waals surface area (Å²) in [5.74, 6) is -0.274. The molecule has 0 unspecified atom stereocenters. The van der Waals surface area contributed by atoms with Gasteiger partial charge in [-0.3, -0.25) is 9.59 Å². The van der Waals surface area contributed by atoms with Gasteiger partial charge < -0.3 is 19.7 Å². The lowest BCUT2D eigenvalue weighted by Crippen LogP contribution is -3.28. The van der Waals surface area contributed by atoms with Crippen LogP contribution in [0.15, 0.2) is 30.3 Å². The van der Waals surface area contributed by atoms with Crippen LogP contribution in [0.5, 0.6) is 0 Å². The van der Waals surface area contributed by atoms with Crippen molar-refractivity contribution in [3.63, 3.8) is 0 Å². The highest BCUT2D eigenvalue weighted by atomic mass is 19.1. The first kappa shape index (κ1) is 22.2. The molecule has 0 radical (unpaired) electrons. The van der Waals surface area contributed by atoms with Gasteiger partial charge in [-0.25, -0.2) is 4.39 Å². The predicted octanol–water partition coefficient (Wildman–Crippen LogP) is 0.259. The Bertz CT molecular complexity index is 901. The summed E-state index contributed by atoms with van der Waals surface area (Å²) in [4.78, 5) is 27.6. The minimum Gasteiger partial charge on any atom is -0.348 e. The summed E-state index contributed by atoms with van der Waals surface area (Å²) in [6, 6.07) is 7.95. The fourth-order valence-corrected chi connectivity index (χ4v) is 4.28. The van der Waals surface area contributed by atoms with Crippen molar-refractivity contribution >= 4 is 17.4 Å². The lowest BCUT2D eigenvalue weighted by Gasteiger charge is -2.29. The molecule has 3 N–H and O–H groups in total. The summed E-state index contributed by atoms with van der Waals surface area (Å²) in [6.07, 6.45) is 1.05. The number of carbonyl (C=O) groups is 2. The highest BCUT2D eigenvalue weighted by Gasteiger charge is 2.27. The number of ketones is 1. The molecule has 0 saturated carbocycles. The van der Waals surface area contributed by atoms with Gasteiger partial charge in [-0.15, -0.1) is 0 Å². The van der Waals surface area contributed by atoms with E-state index in [0.717, 1.165) is 56.1 Å². The topological polar surface area (TPSA) is 60.0 Å². The second-order valence-corrected chi connectivity index (χ2v) is 8.27. The third-order valence-electron chi connectivity index (χ3n) is 5.91. The van der Waals surface area contributed by atoms with Gasteiger partial charge in [-0.2, -0.15) is 0 Å². The Hall–Kier alpha value is -2.51. The number of benzene rings is 1. The van der Waals surface area contributed by atoms with Crippen LogP contribution >= 0.6 is 0 Å². The van der Waals surface area contributed by atoms with Crippen molar-refractivity contribution in [1.29, 1.82) is 0 Å². The quantitative estimate of drug-likeness (QED) is 0.541. The Kier molecular flexibility index (Phi) is 7.39. The van der Waals surface area contributed by atoms with Crippen molar-refractivity contribution in [2.75, 3.05) is 44.6 Å². The normalized spacial score (nSPS) is 18.9.